The van der Waals surface area contributed by atoms with Gasteiger partial charge in [0.05, 0.1) is 6.42 Å². The fraction of sp³-hybridized carbons (Fsp3) is 0.438. The molecular weight excluding hydrogens is 293 g/mol. The number of rotatable bonds is 5. The minimum absolute atomic E-state index is 0.00521. The van der Waals surface area contributed by atoms with Crippen molar-refractivity contribution in [2.75, 3.05) is 6.54 Å². The lowest BCUT2D eigenvalue weighted by molar-refractivity contribution is -0.120. The van der Waals surface area contributed by atoms with E-state index >= 15 is 0 Å². The Balaban J connectivity index is 1.76. The Morgan fingerprint density at radius 2 is 2.10 bits per heavy atom. The molecule has 0 bridgehead atoms. The molecule has 0 aromatic heterocycles. The van der Waals surface area contributed by atoms with E-state index in [0.717, 1.165) is 12.0 Å². The quantitative estimate of drug-likeness (QED) is 0.794. The number of carbonyl (C=O) groups excluding carboxylic acids is 1. The first kappa shape index (κ1) is 15.4. The van der Waals surface area contributed by atoms with Crippen LogP contribution in [0.15, 0.2) is 29.8 Å². The third-order valence-electron chi connectivity index (χ3n) is 3.52. The smallest absolute Gasteiger partial charge is 0.224 e. The Hall–Kier alpha value is -0.990. The molecule has 0 saturated carbocycles. The first-order chi connectivity index (χ1) is 9.65. The van der Waals surface area contributed by atoms with Crippen LogP contribution < -0.4 is 5.32 Å². The van der Waals surface area contributed by atoms with Crippen molar-refractivity contribution in [1.82, 2.24) is 5.32 Å². The van der Waals surface area contributed by atoms with Crippen molar-refractivity contribution < 1.29 is 4.79 Å². The van der Waals surface area contributed by atoms with Crippen molar-refractivity contribution >= 4 is 29.1 Å². The molecule has 0 radical (unpaired) electrons. The molecule has 0 unspecified atom stereocenters. The average molecular weight is 312 g/mol. The van der Waals surface area contributed by atoms with Gasteiger partial charge in [0.2, 0.25) is 5.91 Å². The van der Waals surface area contributed by atoms with E-state index in [4.69, 9.17) is 23.2 Å². The molecule has 0 aliphatic heterocycles. The number of carbonyl (C=O) groups is 1. The monoisotopic (exact) mass is 311 g/mol. The topological polar surface area (TPSA) is 29.1 Å². The van der Waals surface area contributed by atoms with Crippen LogP contribution >= 0.6 is 23.2 Å². The highest BCUT2D eigenvalue weighted by atomic mass is 35.5. The number of allylic oxidation sites excluding steroid dienone is 1. The second kappa shape index (κ2) is 7.70. The van der Waals surface area contributed by atoms with E-state index in [0.29, 0.717) is 23.0 Å². The zero-order chi connectivity index (χ0) is 14.4. The second-order valence-electron chi connectivity index (χ2n) is 5.12. The molecule has 20 heavy (non-hydrogen) atoms. The van der Waals surface area contributed by atoms with Gasteiger partial charge in [-0.15, -0.1) is 0 Å². The highest BCUT2D eigenvalue weighted by molar-refractivity contribution is 6.35. The van der Waals surface area contributed by atoms with Crippen molar-refractivity contribution in [3.8, 4) is 0 Å². The summed E-state index contributed by atoms with van der Waals surface area (Å²) in [4.78, 5) is 11.9. The van der Waals surface area contributed by atoms with E-state index in [2.05, 4.69) is 11.4 Å². The molecule has 1 aromatic carbocycles. The van der Waals surface area contributed by atoms with E-state index in [1.165, 1.54) is 31.3 Å². The van der Waals surface area contributed by atoms with Crippen molar-refractivity contribution in [2.24, 2.45) is 0 Å². The van der Waals surface area contributed by atoms with Crippen molar-refractivity contribution in [1.29, 1.82) is 0 Å². The Kier molecular flexibility index (Phi) is 5.93. The number of hydrogen-bond donors (Lipinski definition) is 1. The van der Waals surface area contributed by atoms with Crippen molar-refractivity contribution in [3.05, 3.63) is 45.5 Å². The molecule has 0 atom stereocenters. The minimum Gasteiger partial charge on any atom is -0.355 e. The van der Waals surface area contributed by atoms with Gasteiger partial charge in [-0.2, -0.15) is 0 Å². The molecule has 0 fully saturated rings. The largest absolute Gasteiger partial charge is 0.355 e. The lowest BCUT2D eigenvalue weighted by Gasteiger charge is -2.13. The molecule has 0 heterocycles. The van der Waals surface area contributed by atoms with Gasteiger partial charge in [-0.05, 0) is 49.8 Å². The Morgan fingerprint density at radius 3 is 2.80 bits per heavy atom. The Bertz CT molecular complexity index is 511. The molecule has 1 amide bonds. The molecular formula is C16H19Cl2NO. The summed E-state index contributed by atoms with van der Waals surface area (Å²) < 4.78 is 0. The molecule has 0 spiro atoms. The zero-order valence-electron chi connectivity index (χ0n) is 11.4. The van der Waals surface area contributed by atoms with Gasteiger partial charge < -0.3 is 5.32 Å². The van der Waals surface area contributed by atoms with Gasteiger partial charge in [0.25, 0.3) is 0 Å². The van der Waals surface area contributed by atoms with Crippen LogP contribution in [0, 0.1) is 0 Å². The molecule has 1 aliphatic rings. The Labute approximate surface area is 130 Å². The van der Waals surface area contributed by atoms with Crippen LogP contribution in [-0.2, 0) is 11.2 Å². The zero-order valence-corrected chi connectivity index (χ0v) is 12.9. The molecule has 2 rings (SSSR count). The van der Waals surface area contributed by atoms with Gasteiger partial charge in [0.15, 0.2) is 0 Å². The van der Waals surface area contributed by atoms with Crippen LogP contribution in [0.1, 0.15) is 37.7 Å². The van der Waals surface area contributed by atoms with Gasteiger partial charge in [-0.1, -0.05) is 40.9 Å². The lowest BCUT2D eigenvalue weighted by atomic mass is 9.97. The molecule has 1 N–H and O–H groups in total. The molecule has 2 nitrogen and oxygen atoms in total. The van der Waals surface area contributed by atoms with Gasteiger partial charge in [-0.25, -0.2) is 0 Å². The number of amides is 1. The van der Waals surface area contributed by atoms with Gasteiger partial charge in [0, 0.05) is 16.6 Å². The maximum atomic E-state index is 11.9. The van der Waals surface area contributed by atoms with E-state index < -0.39 is 0 Å². The molecule has 1 aliphatic carbocycles. The lowest BCUT2D eigenvalue weighted by Crippen LogP contribution is -2.26. The number of halogens is 2. The molecule has 108 valence electrons. The minimum atomic E-state index is 0.00521. The van der Waals surface area contributed by atoms with E-state index in [9.17, 15) is 4.79 Å². The predicted molar refractivity (Wildman–Crippen MR) is 84.3 cm³/mol. The first-order valence-corrected chi connectivity index (χ1v) is 7.79. The number of hydrogen-bond acceptors (Lipinski definition) is 1. The van der Waals surface area contributed by atoms with Gasteiger partial charge >= 0.3 is 0 Å². The van der Waals surface area contributed by atoms with Crippen molar-refractivity contribution in [2.45, 2.75) is 38.5 Å². The fourth-order valence-electron chi connectivity index (χ4n) is 2.39. The second-order valence-corrected chi connectivity index (χ2v) is 5.96. The third kappa shape index (κ3) is 4.84. The van der Waals surface area contributed by atoms with Gasteiger partial charge in [0.1, 0.15) is 0 Å². The summed E-state index contributed by atoms with van der Waals surface area (Å²) in [7, 11) is 0. The molecule has 0 saturated heterocycles. The van der Waals surface area contributed by atoms with E-state index in [-0.39, 0.29) is 5.91 Å². The predicted octanol–water partition coefficient (Wildman–Crippen LogP) is 4.54. The van der Waals surface area contributed by atoms with Gasteiger partial charge in [-0.3, -0.25) is 4.79 Å². The Morgan fingerprint density at radius 1 is 1.25 bits per heavy atom. The van der Waals surface area contributed by atoms with Crippen LogP contribution in [0.4, 0.5) is 0 Å². The third-order valence-corrected chi connectivity index (χ3v) is 4.11. The maximum absolute atomic E-state index is 11.9. The van der Waals surface area contributed by atoms with E-state index in [1.807, 2.05) is 0 Å². The molecule has 1 aromatic rings. The van der Waals surface area contributed by atoms with Crippen molar-refractivity contribution in [3.63, 3.8) is 0 Å². The summed E-state index contributed by atoms with van der Waals surface area (Å²) in [6.07, 6.45) is 8.51. The fourth-order valence-corrected chi connectivity index (χ4v) is 2.87. The average Bonchev–Trinajstić information content (AvgIpc) is 2.43. The summed E-state index contributed by atoms with van der Waals surface area (Å²) in [5, 5.41) is 4.08. The van der Waals surface area contributed by atoms with Crippen LogP contribution in [-0.4, -0.2) is 12.5 Å². The highest BCUT2D eigenvalue weighted by Gasteiger charge is 2.08. The van der Waals surface area contributed by atoms with Crippen LogP contribution in [0.5, 0.6) is 0 Å². The summed E-state index contributed by atoms with van der Waals surface area (Å²) in [5.74, 6) is 0.00521. The summed E-state index contributed by atoms with van der Waals surface area (Å²) in [6.45, 7) is 0.704. The number of benzene rings is 1. The van der Waals surface area contributed by atoms with Crippen LogP contribution in [0.2, 0.25) is 10.0 Å². The SMILES string of the molecule is O=C(Cc1ccc(Cl)cc1Cl)NCCC1=CCCCC1. The standard InChI is InChI=1S/C16H19Cl2NO/c17-14-7-6-13(15(18)11-14)10-16(20)19-9-8-12-4-2-1-3-5-12/h4,6-7,11H,1-3,5,8-10H2,(H,19,20). The first-order valence-electron chi connectivity index (χ1n) is 7.03. The summed E-state index contributed by atoms with van der Waals surface area (Å²) >= 11 is 11.9. The summed E-state index contributed by atoms with van der Waals surface area (Å²) in [6, 6.07) is 5.22. The van der Waals surface area contributed by atoms with Crippen LogP contribution in [0.3, 0.4) is 0 Å². The normalized spacial score (nSPS) is 14.8. The van der Waals surface area contributed by atoms with Crippen LogP contribution in [0.25, 0.3) is 0 Å². The molecule has 4 heteroatoms. The van der Waals surface area contributed by atoms with E-state index in [1.54, 1.807) is 18.2 Å². The highest BCUT2D eigenvalue weighted by Crippen LogP contribution is 2.21. The summed E-state index contributed by atoms with van der Waals surface area (Å²) in [5.41, 5.74) is 2.28. The maximum Gasteiger partial charge on any atom is 0.224 e. The number of nitrogens with one attached hydrogen (secondary N) is 1.